The molecule has 2 aliphatic rings. The van der Waals surface area contributed by atoms with Crippen LogP contribution in [0.25, 0.3) is 0 Å². The summed E-state index contributed by atoms with van der Waals surface area (Å²) in [6.45, 7) is 4.71. The third-order valence-electron chi connectivity index (χ3n) is 5.41. The smallest absolute Gasteiger partial charge is 0.0233 e. The van der Waals surface area contributed by atoms with Gasteiger partial charge >= 0.3 is 0 Å². The molecule has 2 rings (SSSR count). The summed E-state index contributed by atoms with van der Waals surface area (Å²) in [5.41, 5.74) is 0. The quantitative estimate of drug-likeness (QED) is 0.537. The lowest BCUT2D eigenvalue weighted by Gasteiger charge is -2.36. The van der Waals surface area contributed by atoms with E-state index in [9.17, 15) is 0 Å². The Kier molecular flexibility index (Phi) is 5.79. The van der Waals surface area contributed by atoms with Gasteiger partial charge in [0.15, 0.2) is 0 Å². The Labute approximate surface area is 114 Å². The normalized spacial score (nSPS) is 38.1. The second-order valence-electron chi connectivity index (χ2n) is 6.91. The van der Waals surface area contributed by atoms with Crippen molar-refractivity contribution < 1.29 is 0 Å². The van der Waals surface area contributed by atoms with E-state index in [2.05, 4.69) is 26.0 Å². The predicted molar refractivity (Wildman–Crippen MR) is 80.6 cm³/mol. The molecule has 0 aromatic carbocycles. The van der Waals surface area contributed by atoms with E-state index in [0.29, 0.717) is 0 Å². The van der Waals surface area contributed by atoms with E-state index in [4.69, 9.17) is 0 Å². The molecule has 104 valence electrons. The van der Waals surface area contributed by atoms with Gasteiger partial charge in [0.05, 0.1) is 0 Å². The van der Waals surface area contributed by atoms with E-state index in [-0.39, 0.29) is 0 Å². The summed E-state index contributed by atoms with van der Waals surface area (Å²) >= 11 is 0. The van der Waals surface area contributed by atoms with Crippen molar-refractivity contribution >= 4 is 0 Å². The van der Waals surface area contributed by atoms with Crippen LogP contribution in [-0.2, 0) is 0 Å². The van der Waals surface area contributed by atoms with E-state index >= 15 is 0 Å². The third kappa shape index (κ3) is 4.14. The van der Waals surface area contributed by atoms with Gasteiger partial charge in [-0.05, 0) is 68.6 Å². The standard InChI is InChI=1S/C18H32/c1-3-4-5-6-16-9-13-18(14-10-16)17-11-7-15(2)8-12-17/h5-6,15-18H,3-4,7-14H2,1-2H3. The zero-order chi connectivity index (χ0) is 12.8. The Hall–Kier alpha value is -0.260. The van der Waals surface area contributed by atoms with Crippen molar-refractivity contribution in [1.29, 1.82) is 0 Å². The second-order valence-corrected chi connectivity index (χ2v) is 6.91. The van der Waals surface area contributed by atoms with Crippen LogP contribution in [0.2, 0.25) is 0 Å². The molecule has 0 heterocycles. The maximum atomic E-state index is 2.52. The topological polar surface area (TPSA) is 0 Å². The van der Waals surface area contributed by atoms with Gasteiger partial charge < -0.3 is 0 Å². The van der Waals surface area contributed by atoms with Crippen molar-refractivity contribution in [2.75, 3.05) is 0 Å². The molecule has 0 N–H and O–H groups in total. The molecule has 0 spiro atoms. The minimum atomic E-state index is 0.912. The van der Waals surface area contributed by atoms with Gasteiger partial charge in [-0.25, -0.2) is 0 Å². The van der Waals surface area contributed by atoms with Gasteiger partial charge in [-0.15, -0.1) is 0 Å². The lowest BCUT2D eigenvalue weighted by molar-refractivity contribution is 0.160. The van der Waals surface area contributed by atoms with Crippen LogP contribution in [-0.4, -0.2) is 0 Å². The van der Waals surface area contributed by atoms with Crippen LogP contribution in [0.1, 0.15) is 78.1 Å². The molecule has 0 nitrogen and oxygen atoms in total. The Morgan fingerprint density at radius 1 is 0.833 bits per heavy atom. The van der Waals surface area contributed by atoms with Crippen LogP contribution >= 0.6 is 0 Å². The van der Waals surface area contributed by atoms with E-state index in [0.717, 1.165) is 23.7 Å². The van der Waals surface area contributed by atoms with Gasteiger partial charge in [-0.1, -0.05) is 45.3 Å². The van der Waals surface area contributed by atoms with E-state index in [1.54, 1.807) is 0 Å². The van der Waals surface area contributed by atoms with E-state index < -0.39 is 0 Å². The van der Waals surface area contributed by atoms with Gasteiger partial charge in [0.2, 0.25) is 0 Å². The van der Waals surface area contributed by atoms with Gasteiger partial charge in [0, 0.05) is 0 Å². The molecule has 0 heteroatoms. The van der Waals surface area contributed by atoms with Gasteiger partial charge in [-0.2, -0.15) is 0 Å². The minimum Gasteiger partial charge on any atom is -0.0883 e. The van der Waals surface area contributed by atoms with Crippen LogP contribution in [0.3, 0.4) is 0 Å². The fourth-order valence-electron chi connectivity index (χ4n) is 4.02. The van der Waals surface area contributed by atoms with Crippen LogP contribution in [0.15, 0.2) is 12.2 Å². The monoisotopic (exact) mass is 248 g/mol. The van der Waals surface area contributed by atoms with Crippen molar-refractivity contribution in [2.24, 2.45) is 23.7 Å². The third-order valence-corrected chi connectivity index (χ3v) is 5.41. The molecule has 2 saturated carbocycles. The van der Waals surface area contributed by atoms with Crippen LogP contribution in [0.5, 0.6) is 0 Å². The fourth-order valence-corrected chi connectivity index (χ4v) is 4.02. The molecule has 18 heavy (non-hydrogen) atoms. The highest BCUT2D eigenvalue weighted by Gasteiger charge is 2.29. The number of allylic oxidation sites excluding steroid dienone is 2. The molecule has 0 unspecified atom stereocenters. The average Bonchev–Trinajstić information content (AvgIpc) is 2.41. The lowest BCUT2D eigenvalue weighted by Crippen LogP contribution is -2.24. The maximum absolute atomic E-state index is 2.52. The van der Waals surface area contributed by atoms with Gasteiger partial charge in [0.25, 0.3) is 0 Å². The van der Waals surface area contributed by atoms with E-state index in [1.807, 2.05) is 0 Å². The lowest BCUT2D eigenvalue weighted by atomic mass is 9.69. The molecule has 0 amide bonds. The van der Waals surface area contributed by atoms with Crippen LogP contribution < -0.4 is 0 Å². The minimum absolute atomic E-state index is 0.912. The molecule has 0 radical (unpaired) electrons. The zero-order valence-corrected chi connectivity index (χ0v) is 12.5. The van der Waals surface area contributed by atoms with Crippen molar-refractivity contribution in [3.05, 3.63) is 12.2 Å². The Morgan fingerprint density at radius 3 is 1.94 bits per heavy atom. The van der Waals surface area contributed by atoms with Gasteiger partial charge in [0.1, 0.15) is 0 Å². The summed E-state index contributed by atoms with van der Waals surface area (Å²) < 4.78 is 0. The summed E-state index contributed by atoms with van der Waals surface area (Å²) in [6.07, 6.45) is 19.5. The maximum Gasteiger partial charge on any atom is -0.0233 e. The Bertz CT molecular complexity index is 237. The number of unbranched alkanes of at least 4 members (excludes halogenated alkanes) is 1. The number of hydrogen-bond acceptors (Lipinski definition) is 0. The van der Waals surface area contributed by atoms with Crippen molar-refractivity contribution in [2.45, 2.75) is 78.1 Å². The van der Waals surface area contributed by atoms with Gasteiger partial charge in [-0.3, -0.25) is 0 Å². The largest absolute Gasteiger partial charge is 0.0883 e. The fraction of sp³-hybridized carbons (Fsp3) is 0.889. The first kappa shape index (κ1) is 14.2. The summed E-state index contributed by atoms with van der Waals surface area (Å²) in [6, 6.07) is 0. The molecular formula is C18H32. The van der Waals surface area contributed by atoms with Crippen LogP contribution in [0, 0.1) is 23.7 Å². The first-order valence-electron chi connectivity index (χ1n) is 8.46. The second kappa shape index (κ2) is 7.36. The summed E-state index contributed by atoms with van der Waals surface area (Å²) in [5, 5.41) is 0. The van der Waals surface area contributed by atoms with Crippen molar-refractivity contribution in [1.82, 2.24) is 0 Å². The molecule has 0 saturated heterocycles. The highest BCUT2D eigenvalue weighted by molar-refractivity contribution is 4.92. The zero-order valence-electron chi connectivity index (χ0n) is 12.5. The first-order chi connectivity index (χ1) is 8.79. The molecule has 0 aromatic rings. The number of rotatable bonds is 4. The average molecular weight is 248 g/mol. The summed E-state index contributed by atoms with van der Waals surface area (Å²) in [5.74, 6) is 4.08. The Morgan fingerprint density at radius 2 is 1.39 bits per heavy atom. The van der Waals surface area contributed by atoms with Crippen molar-refractivity contribution in [3.63, 3.8) is 0 Å². The molecule has 0 aromatic heterocycles. The molecule has 0 atom stereocenters. The highest BCUT2D eigenvalue weighted by atomic mass is 14.3. The molecule has 0 aliphatic heterocycles. The van der Waals surface area contributed by atoms with E-state index in [1.165, 1.54) is 64.2 Å². The Balaban J connectivity index is 1.70. The predicted octanol–water partition coefficient (Wildman–Crippen LogP) is 5.98. The highest BCUT2D eigenvalue weighted by Crippen LogP contribution is 2.41. The van der Waals surface area contributed by atoms with Crippen LogP contribution in [0.4, 0.5) is 0 Å². The summed E-state index contributed by atoms with van der Waals surface area (Å²) in [7, 11) is 0. The summed E-state index contributed by atoms with van der Waals surface area (Å²) in [4.78, 5) is 0. The molecular weight excluding hydrogens is 216 g/mol. The molecule has 2 aliphatic carbocycles. The first-order valence-corrected chi connectivity index (χ1v) is 8.46. The number of hydrogen-bond donors (Lipinski definition) is 0. The molecule has 0 bridgehead atoms. The van der Waals surface area contributed by atoms with Crippen molar-refractivity contribution in [3.8, 4) is 0 Å². The SMILES string of the molecule is CCCC=CC1CCC(C2CCC(C)CC2)CC1. The molecule has 2 fully saturated rings.